The third kappa shape index (κ3) is 4.00. The number of hydrogen-bond acceptors (Lipinski definition) is 6. The number of hydrogen-bond donors (Lipinski definition) is 1. The number of nitrogens with zero attached hydrogens (tertiary/aromatic N) is 1. The molecule has 0 spiro atoms. The van der Waals surface area contributed by atoms with E-state index in [4.69, 9.17) is 38.4 Å². The molecule has 6 nitrogen and oxygen atoms in total. The zero-order chi connectivity index (χ0) is 17.9. The van der Waals surface area contributed by atoms with Crippen LogP contribution in [0.4, 0.5) is 0 Å². The number of ether oxygens (including phenoxy) is 2. The van der Waals surface area contributed by atoms with Crippen LogP contribution in [0.3, 0.4) is 0 Å². The first kappa shape index (κ1) is 18.6. The number of halogens is 1. The number of thiocarbonyl (C=S) groups is 1. The van der Waals surface area contributed by atoms with Gasteiger partial charge >= 0.3 is 5.97 Å². The standard InChI is InChI=1S/C15H14ClNO5S2/c1-21-10-6-8(5-9(16)13(10)22-2)7-11-14(20)17(15(23)24-11)4-3-12(18)19/h5-7H,3-4H2,1-2H3,(H,18,19)/b11-7-. The number of benzene rings is 1. The Bertz CT molecular complexity index is 735. The van der Waals surface area contributed by atoms with Gasteiger partial charge in [0.15, 0.2) is 11.5 Å². The van der Waals surface area contributed by atoms with Crippen molar-refractivity contribution in [2.45, 2.75) is 6.42 Å². The Morgan fingerprint density at radius 1 is 1.42 bits per heavy atom. The molecule has 0 unspecified atom stereocenters. The summed E-state index contributed by atoms with van der Waals surface area (Å²) in [5, 5.41) is 9.09. The molecule has 1 saturated heterocycles. The van der Waals surface area contributed by atoms with Crippen LogP contribution in [0, 0.1) is 0 Å². The Labute approximate surface area is 153 Å². The van der Waals surface area contributed by atoms with E-state index in [0.29, 0.717) is 31.3 Å². The van der Waals surface area contributed by atoms with E-state index in [0.717, 1.165) is 11.8 Å². The Morgan fingerprint density at radius 2 is 2.12 bits per heavy atom. The maximum absolute atomic E-state index is 12.4. The first-order chi connectivity index (χ1) is 11.4. The van der Waals surface area contributed by atoms with Crippen molar-refractivity contribution in [2.75, 3.05) is 20.8 Å². The summed E-state index contributed by atoms with van der Waals surface area (Å²) < 4.78 is 10.7. The number of carbonyl (C=O) groups is 2. The molecule has 1 heterocycles. The molecule has 1 aromatic carbocycles. The highest BCUT2D eigenvalue weighted by atomic mass is 35.5. The van der Waals surface area contributed by atoms with Gasteiger partial charge < -0.3 is 14.6 Å². The highest BCUT2D eigenvalue weighted by molar-refractivity contribution is 8.26. The van der Waals surface area contributed by atoms with Crippen LogP contribution in [0.25, 0.3) is 6.08 Å². The monoisotopic (exact) mass is 387 g/mol. The van der Waals surface area contributed by atoms with E-state index in [1.165, 1.54) is 19.1 Å². The van der Waals surface area contributed by atoms with Gasteiger partial charge in [-0.15, -0.1) is 0 Å². The Balaban J connectivity index is 2.29. The lowest BCUT2D eigenvalue weighted by atomic mass is 10.1. The second-order valence-electron chi connectivity index (χ2n) is 4.72. The van der Waals surface area contributed by atoms with Crippen molar-refractivity contribution in [3.8, 4) is 11.5 Å². The molecule has 1 amide bonds. The molecule has 2 rings (SSSR count). The lowest BCUT2D eigenvalue weighted by Gasteiger charge is -2.12. The fraction of sp³-hybridized carbons (Fsp3) is 0.267. The number of carboxylic acid groups (broad SMARTS) is 1. The first-order valence-electron chi connectivity index (χ1n) is 6.76. The number of aliphatic carboxylic acids is 1. The Kier molecular flexibility index (Phi) is 6.09. The second-order valence-corrected chi connectivity index (χ2v) is 6.80. The molecule has 24 heavy (non-hydrogen) atoms. The van der Waals surface area contributed by atoms with E-state index in [-0.39, 0.29) is 18.9 Å². The minimum absolute atomic E-state index is 0.0457. The highest BCUT2D eigenvalue weighted by Crippen LogP contribution is 2.38. The van der Waals surface area contributed by atoms with Gasteiger partial charge in [0.1, 0.15) is 4.32 Å². The lowest BCUT2D eigenvalue weighted by molar-refractivity contribution is -0.137. The van der Waals surface area contributed by atoms with Crippen molar-refractivity contribution in [1.29, 1.82) is 0 Å². The summed E-state index contributed by atoms with van der Waals surface area (Å²) in [6, 6.07) is 3.33. The highest BCUT2D eigenvalue weighted by Gasteiger charge is 2.32. The molecule has 0 saturated carbocycles. The summed E-state index contributed by atoms with van der Waals surface area (Å²) in [5.74, 6) is -0.459. The topological polar surface area (TPSA) is 76.1 Å². The summed E-state index contributed by atoms with van der Waals surface area (Å²) in [5.41, 5.74) is 0.649. The van der Waals surface area contributed by atoms with Crippen LogP contribution in [-0.2, 0) is 9.59 Å². The number of methoxy groups -OCH3 is 2. The van der Waals surface area contributed by atoms with Crippen molar-refractivity contribution >= 4 is 57.9 Å². The Hall–Kier alpha value is -1.77. The molecule has 0 radical (unpaired) electrons. The molecule has 0 aliphatic carbocycles. The first-order valence-corrected chi connectivity index (χ1v) is 8.36. The van der Waals surface area contributed by atoms with Gasteiger partial charge in [-0.2, -0.15) is 0 Å². The molecule has 9 heteroatoms. The van der Waals surface area contributed by atoms with Gasteiger partial charge in [-0.3, -0.25) is 14.5 Å². The number of amides is 1. The molecule has 0 atom stereocenters. The fourth-order valence-corrected chi connectivity index (χ4v) is 3.68. The van der Waals surface area contributed by atoms with Crippen LogP contribution in [0.1, 0.15) is 12.0 Å². The third-order valence-corrected chi connectivity index (χ3v) is 4.84. The SMILES string of the molecule is COc1cc(/C=C2\SC(=S)N(CCC(=O)O)C2=O)cc(Cl)c1OC. The van der Waals surface area contributed by atoms with Crippen LogP contribution in [-0.4, -0.2) is 47.0 Å². The number of carboxylic acids is 1. The van der Waals surface area contributed by atoms with Gasteiger partial charge in [-0.25, -0.2) is 0 Å². The summed E-state index contributed by atoms with van der Waals surface area (Å²) in [4.78, 5) is 24.7. The van der Waals surface area contributed by atoms with Crippen LogP contribution in [0.5, 0.6) is 11.5 Å². The van der Waals surface area contributed by atoms with Crippen molar-refractivity contribution in [3.63, 3.8) is 0 Å². The van der Waals surface area contributed by atoms with Gasteiger partial charge in [0, 0.05) is 6.54 Å². The van der Waals surface area contributed by atoms with Gasteiger partial charge in [0.2, 0.25) is 0 Å². The van der Waals surface area contributed by atoms with Crippen molar-refractivity contribution in [2.24, 2.45) is 0 Å². The number of carbonyl (C=O) groups excluding carboxylic acids is 1. The van der Waals surface area contributed by atoms with Crippen molar-refractivity contribution in [3.05, 3.63) is 27.6 Å². The fourth-order valence-electron chi connectivity index (χ4n) is 2.07. The van der Waals surface area contributed by atoms with E-state index in [2.05, 4.69) is 0 Å². The zero-order valence-electron chi connectivity index (χ0n) is 12.9. The molecule has 0 aromatic heterocycles. The van der Waals surface area contributed by atoms with Gasteiger partial charge in [0.25, 0.3) is 5.91 Å². The van der Waals surface area contributed by atoms with E-state index < -0.39 is 5.97 Å². The van der Waals surface area contributed by atoms with E-state index in [9.17, 15) is 9.59 Å². The van der Waals surface area contributed by atoms with E-state index in [1.54, 1.807) is 18.2 Å². The summed E-state index contributed by atoms with van der Waals surface area (Å²) >= 11 is 12.4. The Morgan fingerprint density at radius 3 is 2.71 bits per heavy atom. The predicted octanol–water partition coefficient (Wildman–Crippen LogP) is 3.03. The predicted molar refractivity (Wildman–Crippen MR) is 96.7 cm³/mol. The van der Waals surface area contributed by atoms with E-state index in [1.807, 2.05) is 0 Å². The second kappa shape index (κ2) is 7.87. The summed E-state index contributed by atoms with van der Waals surface area (Å²) in [6.07, 6.45) is 1.47. The molecular formula is C15H14ClNO5S2. The van der Waals surface area contributed by atoms with Crippen molar-refractivity contribution < 1.29 is 24.2 Å². The molecule has 1 N–H and O–H groups in total. The average molecular weight is 388 g/mol. The quantitative estimate of drug-likeness (QED) is 0.593. The molecular weight excluding hydrogens is 374 g/mol. The van der Waals surface area contributed by atoms with Crippen molar-refractivity contribution in [1.82, 2.24) is 4.90 Å². The van der Waals surface area contributed by atoms with Crippen LogP contribution >= 0.6 is 35.6 Å². The molecule has 0 bridgehead atoms. The maximum atomic E-state index is 12.4. The largest absolute Gasteiger partial charge is 0.493 e. The zero-order valence-corrected chi connectivity index (χ0v) is 15.3. The third-order valence-electron chi connectivity index (χ3n) is 3.18. The number of rotatable bonds is 6. The number of thioether (sulfide) groups is 1. The lowest BCUT2D eigenvalue weighted by Crippen LogP contribution is -2.30. The van der Waals surface area contributed by atoms with Crippen LogP contribution in [0.15, 0.2) is 17.0 Å². The van der Waals surface area contributed by atoms with Gasteiger partial charge in [0.05, 0.1) is 30.6 Å². The smallest absolute Gasteiger partial charge is 0.305 e. The normalized spacial score (nSPS) is 16.0. The van der Waals surface area contributed by atoms with Crippen LogP contribution < -0.4 is 9.47 Å². The average Bonchev–Trinajstić information content (AvgIpc) is 2.78. The minimum Gasteiger partial charge on any atom is -0.493 e. The molecule has 1 aliphatic heterocycles. The summed E-state index contributed by atoms with van der Waals surface area (Å²) in [7, 11) is 2.97. The van der Waals surface area contributed by atoms with Crippen LogP contribution in [0.2, 0.25) is 5.02 Å². The summed E-state index contributed by atoms with van der Waals surface area (Å²) in [6.45, 7) is 0.0457. The molecule has 1 aromatic rings. The van der Waals surface area contributed by atoms with Gasteiger partial charge in [-0.05, 0) is 23.8 Å². The molecule has 1 aliphatic rings. The van der Waals surface area contributed by atoms with E-state index >= 15 is 0 Å². The molecule has 128 valence electrons. The minimum atomic E-state index is -0.986. The van der Waals surface area contributed by atoms with Gasteiger partial charge in [-0.1, -0.05) is 35.6 Å². The molecule has 1 fully saturated rings. The maximum Gasteiger partial charge on any atom is 0.305 e.